The van der Waals surface area contributed by atoms with Gasteiger partial charge < -0.3 is 5.32 Å². The van der Waals surface area contributed by atoms with Crippen molar-refractivity contribution in [2.24, 2.45) is 0 Å². The summed E-state index contributed by atoms with van der Waals surface area (Å²) in [6.45, 7) is 9.97. The lowest BCUT2D eigenvalue weighted by atomic mass is 9.82. The van der Waals surface area contributed by atoms with E-state index in [0.29, 0.717) is 12.0 Å². The van der Waals surface area contributed by atoms with Crippen molar-refractivity contribution in [3.8, 4) is 0 Å². The predicted molar refractivity (Wildman–Crippen MR) is 94.7 cm³/mol. The third-order valence-electron chi connectivity index (χ3n) is 4.71. The number of benzene rings is 2. The minimum atomic E-state index is 0.458. The Balaban J connectivity index is 2.10. The van der Waals surface area contributed by atoms with Crippen molar-refractivity contribution in [3.05, 3.63) is 69.8 Å². The first-order valence-corrected chi connectivity index (χ1v) is 8.43. The molecule has 0 radical (unpaired) electrons. The van der Waals surface area contributed by atoms with Crippen LogP contribution < -0.4 is 5.32 Å². The molecule has 1 heterocycles. The second-order valence-electron chi connectivity index (χ2n) is 7.02. The number of hydrogen-bond acceptors (Lipinski definition) is 1. The third-order valence-corrected chi connectivity index (χ3v) is 4.71. The normalized spacial score (nSPS) is 18.1. The van der Waals surface area contributed by atoms with Gasteiger partial charge in [0.15, 0.2) is 0 Å². The molecule has 2 aromatic rings. The number of nitrogens with one attached hydrogen (secondary N) is 1. The minimum Gasteiger partial charge on any atom is -0.313 e. The molecule has 2 aromatic carbocycles. The summed E-state index contributed by atoms with van der Waals surface area (Å²) in [5.41, 5.74) is 8.37. The van der Waals surface area contributed by atoms with Crippen LogP contribution in [0.3, 0.4) is 0 Å². The van der Waals surface area contributed by atoms with E-state index in [1.807, 2.05) is 0 Å². The van der Waals surface area contributed by atoms with Crippen molar-refractivity contribution in [1.29, 1.82) is 0 Å². The van der Waals surface area contributed by atoms with Crippen LogP contribution in [0.5, 0.6) is 0 Å². The van der Waals surface area contributed by atoms with Crippen molar-refractivity contribution < 1.29 is 0 Å². The highest BCUT2D eigenvalue weighted by molar-refractivity contribution is 5.41. The smallest absolute Gasteiger partial charge is 0.0243 e. The molecule has 116 valence electrons. The van der Waals surface area contributed by atoms with E-state index in [4.69, 9.17) is 0 Å². The van der Waals surface area contributed by atoms with E-state index < -0.39 is 0 Å². The second kappa shape index (κ2) is 6.26. The van der Waals surface area contributed by atoms with Crippen LogP contribution in [0, 0.1) is 27.7 Å². The number of aryl methyl sites for hydroxylation is 4. The molecule has 1 nitrogen and oxygen atoms in total. The molecule has 1 saturated heterocycles. The van der Waals surface area contributed by atoms with Crippen LogP contribution in [-0.4, -0.2) is 12.6 Å². The number of rotatable bonds is 3. The Bertz CT molecular complexity index is 574. The Morgan fingerprint density at radius 1 is 0.773 bits per heavy atom. The highest BCUT2D eigenvalue weighted by atomic mass is 14.9. The molecule has 0 bridgehead atoms. The molecule has 1 N–H and O–H groups in total. The first-order valence-electron chi connectivity index (χ1n) is 8.43. The monoisotopic (exact) mass is 293 g/mol. The van der Waals surface area contributed by atoms with E-state index in [1.54, 1.807) is 0 Å². The quantitative estimate of drug-likeness (QED) is 0.857. The molecule has 0 aliphatic carbocycles. The Morgan fingerprint density at radius 3 is 1.59 bits per heavy atom. The van der Waals surface area contributed by atoms with E-state index >= 15 is 0 Å². The summed E-state index contributed by atoms with van der Waals surface area (Å²) in [5, 5.41) is 3.73. The van der Waals surface area contributed by atoms with Gasteiger partial charge in [0, 0.05) is 12.0 Å². The molecule has 1 fully saturated rings. The zero-order chi connectivity index (χ0) is 15.7. The molecule has 1 heteroatoms. The van der Waals surface area contributed by atoms with Gasteiger partial charge in [-0.05, 0) is 58.2 Å². The van der Waals surface area contributed by atoms with Gasteiger partial charge in [0.05, 0.1) is 0 Å². The highest BCUT2D eigenvalue weighted by Gasteiger charge is 2.28. The lowest BCUT2D eigenvalue weighted by molar-refractivity contribution is 0.540. The summed E-state index contributed by atoms with van der Waals surface area (Å²) in [7, 11) is 0. The van der Waals surface area contributed by atoms with Crippen molar-refractivity contribution in [1.82, 2.24) is 5.32 Å². The van der Waals surface area contributed by atoms with Crippen molar-refractivity contribution in [2.45, 2.75) is 52.5 Å². The zero-order valence-electron chi connectivity index (χ0n) is 14.2. The van der Waals surface area contributed by atoms with Crippen LogP contribution in [0.4, 0.5) is 0 Å². The lowest BCUT2D eigenvalue weighted by Gasteiger charge is -2.26. The molecule has 0 saturated carbocycles. The van der Waals surface area contributed by atoms with E-state index in [9.17, 15) is 0 Å². The summed E-state index contributed by atoms with van der Waals surface area (Å²) >= 11 is 0. The molecule has 1 aliphatic rings. The molecular formula is C21H27N. The number of hydrogen-bond donors (Lipinski definition) is 1. The first-order chi connectivity index (χ1) is 10.5. The Kier molecular flexibility index (Phi) is 4.35. The largest absolute Gasteiger partial charge is 0.313 e. The van der Waals surface area contributed by atoms with Gasteiger partial charge in [0.2, 0.25) is 0 Å². The van der Waals surface area contributed by atoms with Crippen molar-refractivity contribution in [3.63, 3.8) is 0 Å². The van der Waals surface area contributed by atoms with Crippen molar-refractivity contribution >= 4 is 0 Å². The third kappa shape index (κ3) is 3.25. The van der Waals surface area contributed by atoms with Gasteiger partial charge >= 0.3 is 0 Å². The predicted octanol–water partition coefficient (Wildman–Crippen LogP) is 4.80. The summed E-state index contributed by atoms with van der Waals surface area (Å²) in [6, 6.07) is 14.6. The van der Waals surface area contributed by atoms with Crippen LogP contribution in [0.2, 0.25) is 0 Å². The molecule has 1 aliphatic heterocycles. The second-order valence-corrected chi connectivity index (χ2v) is 7.02. The van der Waals surface area contributed by atoms with Gasteiger partial charge in [-0.2, -0.15) is 0 Å². The van der Waals surface area contributed by atoms with Crippen LogP contribution in [0.1, 0.15) is 52.1 Å². The maximum absolute atomic E-state index is 3.73. The Labute approximate surface area is 134 Å². The molecule has 1 atom stereocenters. The molecule has 0 spiro atoms. The fourth-order valence-corrected chi connectivity index (χ4v) is 4.03. The molecule has 0 amide bonds. The van der Waals surface area contributed by atoms with Gasteiger partial charge in [-0.1, -0.05) is 58.7 Å². The molecule has 0 unspecified atom stereocenters. The summed E-state index contributed by atoms with van der Waals surface area (Å²) in [5.74, 6) is 0.458. The fraction of sp³-hybridized carbons (Fsp3) is 0.429. The SMILES string of the molecule is Cc1cc(C)cc(C(c2cc(C)cc(C)c2)[C@@H]2CCCN2)c1. The van der Waals surface area contributed by atoms with Gasteiger partial charge in [-0.3, -0.25) is 0 Å². The van der Waals surface area contributed by atoms with Crippen LogP contribution in [-0.2, 0) is 0 Å². The maximum Gasteiger partial charge on any atom is 0.0243 e. The highest BCUT2D eigenvalue weighted by Crippen LogP contribution is 2.34. The minimum absolute atomic E-state index is 0.458. The van der Waals surface area contributed by atoms with Gasteiger partial charge in [-0.25, -0.2) is 0 Å². The zero-order valence-corrected chi connectivity index (χ0v) is 14.2. The molecule has 22 heavy (non-hydrogen) atoms. The van der Waals surface area contributed by atoms with Gasteiger partial charge in [0.25, 0.3) is 0 Å². The molecule has 3 rings (SSSR count). The first kappa shape index (κ1) is 15.3. The Morgan fingerprint density at radius 2 is 1.23 bits per heavy atom. The van der Waals surface area contributed by atoms with E-state index in [-0.39, 0.29) is 0 Å². The lowest BCUT2D eigenvalue weighted by Crippen LogP contribution is -2.30. The average Bonchev–Trinajstić information content (AvgIpc) is 2.90. The van der Waals surface area contributed by atoms with Gasteiger partial charge in [0.1, 0.15) is 0 Å². The molecular weight excluding hydrogens is 266 g/mol. The topological polar surface area (TPSA) is 12.0 Å². The van der Waals surface area contributed by atoms with Gasteiger partial charge in [-0.15, -0.1) is 0 Å². The van der Waals surface area contributed by atoms with E-state index in [1.165, 1.54) is 46.2 Å². The van der Waals surface area contributed by atoms with Crippen LogP contribution in [0.15, 0.2) is 36.4 Å². The fourth-order valence-electron chi connectivity index (χ4n) is 4.03. The van der Waals surface area contributed by atoms with Crippen molar-refractivity contribution in [2.75, 3.05) is 6.54 Å². The van der Waals surface area contributed by atoms with Crippen LogP contribution >= 0.6 is 0 Å². The van der Waals surface area contributed by atoms with E-state index in [0.717, 1.165) is 6.54 Å². The average molecular weight is 293 g/mol. The van der Waals surface area contributed by atoms with E-state index in [2.05, 4.69) is 69.4 Å². The standard InChI is InChI=1S/C21H27N/c1-14-8-15(2)11-18(10-14)21(20-6-5-7-22-20)19-12-16(3)9-17(4)13-19/h8-13,20-22H,5-7H2,1-4H3/t20-/m0/s1. The summed E-state index contributed by atoms with van der Waals surface area (Å²) < 4.78 is 0. The Hall–Kier alpha value is -1.60. The maximum atomic E-state index is 3.73. The summed E-state index contributed by atoms with van der Waals surface area (Å²) in [6.07, 6.45) is 2.56. The summed E-state index contributed by atoms with van der Waals surface area (Å²) in [4.78, 5) is 0. The molecule has 0 aromatic heterocycles. The van der Waals surface area contributed by atoms with Crippen LogP contribution in [0.25, 0.3) is 0 Å².